The molecule has 2 heterocycles. The Bertz CT molecular complexity index is 1510. The van der Waals surface area contributed by atoms with Crippen molar-refractivity contribution in [2.45, 2.75) is 25.1 Å². The summed E-state index contributed by atoms with van der Waals surface area (Å²) >= 11 is 0. The number of amides is 1. The van der Waals surface area contributed by atoms with Gasteiger partial charge in [-0.25, -0.2) is 9.97 Å². The quantitative estimate of drug-likeness (QED) is 0.329. The third-order valence-electron chi connectivity index (χ3n) is 7.15. The molecule has 0 bridgehead atoms. The highest BCUT2D eigenvalue weighted by molar-refractivity contribution is 6.06. The average Bonchev–Trinajstić information content (AvgIpc) is 3.35. The normalized spacial score (nSPS) is 17.5. The van der Waals surface area contributed by atoms with Crippen molar-refractivity contribution in [3.63, 3.8) is 0 Å². The molecule has 1 amide bonds. The lowest BCUT2D eigenvalue weighted by Gasteiger charge is -2.38. The molecule has 7 nitrogen and oxygen atoms in total. The van der Waals surface area contributed by atoms with E-state index in [9.17, 15) is 18.0 Å². The van der Waals surface area contributed by atoms with Gasteiger partial charge in [-0.15, -0.1) is 0 Å². The van der Waals surface area contributed by atoms with Crippen LogP contribution in [0, 0.1) is 0 Å². The van der Waals surface area contributed by atoms with Crippen LogP contribution in [-0.2, 0) is 6.18 Å². The van der Waals surface area contributed by atoms with E-state index in [0.717, 1.165) is 41.6 Å². The Morgan fingerprint density at radius 3 is 2.63 bits per heavy atom. The molecule has 0 unspecified atom stereocenters. The van der Waals surface area contributed by atoms with Crippen molar-refractivity contribution in [3.05, 3.63) is 78.0 Å². The summed E-state index contributed by atoms with van der Waals surface area (Å²) in [4.78, 5) is 23.5. The number of alkyl halides is 3. The predicted octanol–water partition coefficient (Wildman–Crippen LogP) is 5.34. The number of anilines is 3. The standard InChI is InChI=1S/C28H27F3N6O/c1-27(10-11-33-16-27)37(2)24-9-7-21(28(29,30)31)14-23(24)35-25(38)19-5-3-4-17(12-19)18-6-8-22-20(13-18)15-34-26(32)36-22/h3-9,12-15,33H,10-11,16H2,1-2H3,(H,35,38)(H2,32,34,36)/t27-/m1/s1. The second-order valence-electron chi connectivity index (χ2n) is 9.75. The minimum Gasteiger partial charge on any atom is -0.368 e. The number of aromatic nitrogens is 2. The smallest absolute Gasteiger partial charge is 0.368 e. The Morgan fingerprint density at radius 2 is 1.89 bits per heavy atom. The molecule has 0 spiro atoms. The largest absolute Gasteiger partial charge is 0.416 e. The van der Waals surface area contributed by atoms with E-state index in [4.69, 9.17) is 5.73 Å². The second-order valence-corrected chi connectivity index (χ2v) is 9.75. The fraction of sp³-hybridized carbons (Fsp3) is 0.250. The van der Waals surface area contributed by atoms with Gasteiger partial charge >= 0.3 is 6.18 Å². The van der Waals surface area contributed by atoms with Gasteiger partial charge in [0.05, 0.1) is 28.0 Å². The number of carbonyl (C=O) groups excluding carboxylic acids is 1. The lowest BCUT2D eigenvalue weighted by atomic mass is 9.97. The van der Waals surface area contributed by atoms with Gasteiger partial charge in [0.15, 0.2) is 0 Å². The summed E-state index contributed by atoms with van der Waals surface area (Å²) in [6, 6.07) is 16.0. The minimum absolute atomic E-state index is 0.103. The molecule has 1 aliphatic heterocycles. The predicted molar refractivity (Wildman–Crippen MR) is 143 cm³/mol. The van der Waals surface area contributed by atoms with Crippen LogP contribution in [0.1, 0.15) is 29.3 Å². The molecule has 1 atom stereocenters. The summed E-state index contributed by atoms with van der Waals surface area (Å²) in [5, 5.41) is 6.83. The molecule has 0 aliphatic carbocycles. The number of fused-ring (bicyclic) bond motifs is 1. The van der Waals surface area contributed by atoms with Crippen LogP contribution in [0.15, 0.2) is 66.9 Å². The molecule has 0 radical (unpaired) electrons. The lowest BCUT2D eigenvalue weighted by Crippen LogP contribution is -2.46. The van der Waals surface area contributed by atoms with Crippen molar-refractivity contribution >= 4 is 34.1 Å². The Morgan fingerprint density at radius 1 is 1.11 bits per heavy atom. The first-order chi connectivity index (χ1) is 18.0. The number of nitrogen functional groups attached to an aromatic ring is 1. The first-order valence-electron chi connectivity index (χ1n) is 12.1. The van der Waals surface area contributed by atoms with Crippen LogP contribution in [-0.4, -0.2) is 41.6 Å². The van der Waals surface area contributed by atoms with Crippen LogP contribution in [0.3, 0.4) is 0 Å². The van der Waals surface area contributed by atoms with Crippen molar-refractivity contribution in [3.8, 4) is 11.1 Å². The van der Waals surface area contributed by atoms with Gasteiger partial charge in [0.1, 0.15) is 0 Å². The van der Waals surface area contributed by atoms with E-state index in [1.54, 1.807) is 24.4 Å². The maximum absolute atomic E-state index is 13.6. The number of hydrogen-bond acceptors (Lipinski definition) is 6. The molecule has 1 aromatic heterocycles. The molecule has 1 fully saturated rings. The van der Waals surface area contributed by atoms with Gasteiger partial charge in [-0.05, 0) is 73.5 Å². The number of nitrogens with zero attached hydrogens (tertiary/aromatic N) is 3. The van der Waals surface area contributed by atoms with E-state index in [2.05, 4.69) is 20.6 Å². The maximum Gasteiger partial charge on any atom is 0.416 e. The topological polar surface area (TPSA) is 96.2 Å². The zero-order chi connectivity index (χ0) is 27.1. The number of rotatable bonds is 5. The Labute approximate surface area is 217 Å². The Hall–Kier alpha value is -4.18. The fourth-order valence-corrected chi connectivity index (χ4v) is 4.75. The summed E-state index contributed by atoms with van der Waals surface area (Å²) in [6.45, 7) is 3.54. The summed E-state index contributed by atoms with van der Waals surface area (Å²) < 4.78 is 40.7. The van der Waals surface area contributed by atoms with Crippen LogP contribution in [0.2, 0.25) is 0 Å². The van der Waals surface area contributed by atoms with Gasteiger partial charge in [0.25, 0.3) is 5.91 Å². The lowest BCUT2D eigenvalue weighted by molar-refractivity contribution is -0.137. The number of nitrogens with two attached hydrogens (primary N) is 1. The van der Waals surface area contributed by atoms with E-state index in [1.165, 1.54) is 6.07 Å². The molecule has 1 saturated heterocycles. The van der Waals surface area contributed by atoms with Crippen LogP contribution < -0.4 is 21.3 Å². The molecule has 0 saturated carbocycles. The van der Waals surface area contributed by atoms with Gasteiger partial charge in [-0.1, -0.05) is 18.2 Å². The number of hydrogen-bond donors (Lipinski definition) is 3. The molecule has 38 heavy (non-hydrogen) atoms. The van der Waals surface area contributed by atoms with Gasteiger partial charge in [-0.3, -0.25) is 4.79 Å². The highest BCUT2D eigenvalue weighted by Gasteiger charge is 2.36. The molecular formula is C28H27F3N6O. The van der Waals surface area contributed by atoms with Crippen LogP contribution >= 0.6 is 0 Å². The van der Waals surface area contributed by atoms with Crippen molar-refractivity contribution < 1.29 is 18.0 Å². The van der Waals surface area contributed by atoms with Crippen molar-refractivity contribution in [2.24, 2.45) is 0 Å². The number of likely N-dealkylation sites (N-methyl/N-ethyl adjacent to an activating group) is 1. The van der Waals surface area contributed by atoms with Crippen molar-refractivity contribution in [1.82, 2.24) is 15.3 Å². The van der Waals surface area contributed by atoms with Crippen LogP contribution in [0.25, 0.3) is 22.0 Å². The molecule has 1 aliphatic rings. The SMILES string of the molecule is CN(c1ccc(C(F)(F)F)cc1NC(=O)c1cccc(-c2ccc3nc(N)ncc3c2)c1)[C@]1(C)CCNC1. The zero-order valence-corrected chi connectivity index (χ0v) is 20.9. The van der Waals surface area contributed by atoms with E-state index >= 15 is 0 Å². The Balaban J connectivity index is 1.47. The molecule has 5 rings (SSSR count). The summed E-state index contributed by atoms with van der Waals surface area (Å²) in [5.41, 5.74) is 7.76. The third kappa shape index (κ3) is 4.99. The Kier molecular flexibility index (Phi) is 6.44. The molecule has 10 heteroatoms. The van der Waals surface area contributed by atoms with E-state index in [-0.39, 0.29) is 17.2 Å². The van der Waals surface area contributed by atoms with E-state index < -0.39 is 17.6 Å². The van der Waals surface area contributed by atoms with E-state index in [1.807, 2.05) is 43.1 Å². The maximum atomic E-state index is 13.6. The molecule has 3 aromatic carbocycles. The first-order valence-corrected chi connectivity index (χ1v) is 12.1. The summed E-state index contributed by atoms with van der Waals surface area (Å²) in [5.74, 6) is -0.325. The molecule has 196 valence electrons. The summed E-state index contributed by atoms with van der Waals surface area (Å²) in [7, 11) is 1.84. The van der Waals surface area contributed by atoms with Gasteiger partial charge < -0.3 is 21.3 Å². The van der Waals surface area contributed by atoms with Crippen LogP contribution in [0.4, 0.5) is 30.5 Å². The highest BCUT2D eigenvalue weighted by Crippen LogP contribution is 2.38. The average molecular weight is 521 g/mol. The van der Waals surface area contributed by atoms with Gasteiger partial charge in [0.2, 0.25) is 5.95 Å². The monoisotopic (exact) mass is 520 g/mol. The van der Waals surface area contributed by atoms with Crippen LogP contribution in [0.5, 0.6) is 0 Å². The second kappa shape index (κ2) is 9.60. The number of halogens is 3. The van der Waals surface area contributed by atoms with Crippen molar-refractivity contribution in [2.75, 3.05) is 36.1 Å². The van der Waals surface area contributed by atoms with Crippen molar-refractivity contribution in [1.29, 1.82) is 0 Å². The third-order valence-corrected chi connectivity index (χ3v) is 7.15. The minimum atomic E-state index is -4.54. The fourth-order valence-electron chi connectivity index (χ4n) is 4.75. The summed E-state index contributed by atoms with van der Waals surface area (Å²) in [6.07, 6.45) is -2.09. The number of benzene rings is 3. The number of nitrogens with one attached hydrogen (secondary N) is 2. The van der Waals surface area contributed by atoms with Gasteiger partial charge in [-0.2, -0.15) is 13.2 Å². The molecule has 4 N–H and O–H groups in total. The highest BCUT2D eigenvalue weighted by atomic mass is 19.4. The zero-order valence-electron chi connectivity index (χ0n) is 20.9. The molecule has 4 aromatic rings. The first kappa shape index (κ1) is 25.5. The van der Waals surface area contributed by atoms with Gasteiger partial charge in [0, 0.05) is 30.7 Å². The molecular weight excluding hydrogens is 493 g/mol. The van der Waals surface area contributed by atoms with E-state index in [0.29, 0.717) is 23.3 Å². The number of carbonyl (C=O) groups is 1.